The summed E-state index contributed by atoms with van der Waals surface area (Å²) >= 11 is 0. The fourth-order valence-corrected chi connectivity index (χ4v) is 4.85. The first-order chi connectivity index (χ1) is 20.1. The molecule has 0 unspecified atom stereocenters. The Labute approximate surface area is 256 Å². The van der Waals surface area contributed by atoms with Gasteiger partial charge in [-0.05, 0) is 58.7 Å². The molecule has 0 heterocycles. The lowest BCUT2D eigenvalue weighted by Crippen LogP contribution is -1.92. The summed E-state index contributed by atoms with van der Waals surface area (Å²) < 4.78 is 0. The lowest BCUT2D eigenvalue weighted by molar-refractivity contribution is 0.665. The molecule has 4 rings (SSSR count). The van der Waals surface area contributed by atoms with E-state index in [9.17, 15) is 0 Å². The molecule has 0 saturated heterocycles. The first-order valence-corrected chi connectivity index (χ1v) is 16.8. The van der Waals surface area contributed by atoms with Crippen LogP contribution in [0.5, 0.6) is 0 Å². The zero-order chi connectivity index (χ0) is 30.9. The van der Waals surface area contributed by atoms with Crippen molar-refractivity contribution in [2.75, 3.05) is 0 Å². The van der Waals surface area contributed by atoms with E-state index in [0.717, 1.165) is 0 Å². The highest BCUT2D eigenvalue weighted by molar-refractivity contribution is 6.25. The second-order valence-corrected chi connectivity index (χ2v) is 10.1. The number of rotatable bonds is 9. The van der Waals surface area contributed by atoms with Gasteiger partial charge in [0.15, 0.2) is 0 Å². The summed E-state index contributed by atoms with van der Waals surface area (Å²) in [5.74, 6) is 0. The number of hydrogen-bond acceptors (Lipinski definition) is 0. The van der Waals surface area contributed by atoms with E-state index in [1.807, 2.05) is 27.7 Å². The molecule has 0 fully saturated rings. The van der Waals surface area contributed by atoms with Gasteiger partial charge in [-0.15, -0.1) is 0 Å². The summed E-state index contributed by atoms with van der Waals surface area (Å²) in [5, 5.41) is 0. The largest absolute Gasteiger partial charge is 0.0683 e. The van der Waals surface area contributed by atoms with E-state index in [2.05, 4.69) is 126 Å². The van der Waals surface area contributed by atoms with Crippen LogP contribution >= 0.6 is 0 Å². The Balaban J connectivity index is 0.00000115. The average molecular weight is 555 g/mol. The predicted octanol–water partition coefficient (Wildman–Crippen LogP) is 14.1. The minimum absolute atomic E-state index is 1.17. The third kappa shape index (κ3) is 12.7. The monoisotopic (exact) mass is 554 g/mol. The minimum Gasteiger partial charge on any atom is -0.0683 e. The van der Waals surface area contributed by atoms with E-state index in [-0.39, 0.29) is 0 Å². The van der Waals surface area contributed by atoms with Gasteiger partial charge in [-0.1, -0.05) is 198 Å². The van der Waals surface area contributed by atoms with E-state index in [1.54, 1.807) is 0 Å². The SMILES string of the molecule is CC.CC.CCC.CCCCC.CCCCCCC(C)=C1C(c2ccccc2)=C(c2ccccc2)c2ccccc21. The molecule has 226 valence electrons. The molecule has 0 bridgehead atoms. The predicted molar refractivity (Wildman–Crippen MR) is 190 cm³/mol. The standard InChI is InChI=1S/C29H30.C5H12.C3H8.2C2H6/c1-3-4-5-8-15-22(2)27-25-20-13-14-21-26(25)28(23-16-9-6-10-17-23)29(27)24-18-11-7-12-19-24;1-3-5-4-2;1-3-2;2*1-2/h6-7,9-14,16-21H,3-5,8,15H2,1-2H3;3-5H2,1-2H3;3H2,1-2H3;2*1-2H3. The number of hydrogen-bond donors (Lipinski definition) is 0. The second kappa shape index (κ2) is 24.9. The smallest absolute Gasteiger partial charge is 0.00204 e. The maximum Gasteiger partial charge on any atom is -0.00204 e. The van der Waals surface area contributed by atoms with Crippen LogP contribution in [0.15, 0.2) is 90.5 Å². The van der Waals surface area contributed by atoms with Crippen LogP contribution < -0.4 is 0 Å². The number of fused-ring (bicyclic) bond motifs is 1. The third-order valence-corrected chi connectivity index (χ3v) is 6.63. The topological polar surface area (TPSA) is 0 Å². The zero-order valence-corrected chi connectivity index (χ0v) is 28.4. The van der Waals surface area contributed by atoms with Gasteiger partial charge >= 0.3 is 0 Å². The third-order valence-electron chi connectivity index (χ3n) is 6.63. The van der Waals surface area contributed by atoms with Crippen LogP contribution in [0.25, 0.3) is 16.7 Å². The highest BCUT2D eigenvalue weighted by Crippen LogP contribution is 2.50. The Morgan fingerprint density at radius 3 is 1.32 bits per heavy atom. The minimum atomic E-state index is 1.17. The van der Waals surface area contributed by atoms with Crippen molar-refractivity contribution in [1.82, 2.24) is 0 Å². The Hall–Kier alpha value is -2.86. The zero-order valence-electron chi connectivity index (χ0n) is 28.4. The van der Waals surface area contributed by atoms with Crippen molar-refractivity contribution in [3.8, 4) is 0 Å². The fraction of sp³-hybridized carbons (Fsp3) is 0.463. The first kappa shape index (κ1) is 38.1. The first-order valence-electron chi connectivity index (χ1n) is 16.8. The molecule has 0 amide bonds. The molecular formula is C41H62. The summed E-state index contributed by atoms with van der Waals surface area (Å²) in [5.41, 5.74) is 11.1. The molecule has 0 heteroatoms. The molecule has 1 aliphatic carbocycles. The van der Waals surface area contributed by atoms with Crippen LogP contribution in [0, 0.1) is 0 Å². The Bertz CT molecular complexity index is 1080. The van der Waals surface area contributed by atoms with E-state index < -0.39 is 0 Å². The Morgan fingerprint density at radius 1 is 0.463 bits per heavy atom. The number of benzene rings is 3. The average Bonchev–Trinajstić information content (AvgIpc) is 3.39. The van der Waals surface area contributed by atoms with Crippen LogP contribution in [-0.4, -0.2) is 0 Å². The van der Waals surface area contributed by atoms with Crippen molar-refractivity contribution in [3.05, 3.63) is 113 Å². The summed E-state index contributed by atoms with van der Waals surface area (Å²) in [7, 11) is 0. The van der Waals surface area contributed by atoms with Gasteiger partial charge in [0.2, 0.25) is 0 Å². The lowest BCUT2D eigenvalue weighted by atomic mass is 9.89. The van der Waals surface area contributed by atoms with Gasteiger partial charge in [-0.3, -0.25) is 0 Å². The highest BCUT2D eigenvalue weighted by atomic mass is 14.3. The highest BCUT2D eigenvalue weighted by Gasteiger charge is 2.29. The summed E-state index contributed by atoms with van der Waals surface area (Å²) in [4.78, 5) is 0. The van der Waals surface area contributed by atoms with Gasteiger partial charge in [0.1, 0.15) is 0 Å². The number of unbranched alkanes of at least 4 members (excludes halogenated alkanes) is 5. The van der Waals surface area contributed by atoms with Crippen molar-refractivity contribution in [3.63, 3.8) is 0 Å². The fourth-order valence-electron chi connectivity index (χ4n) is 4.85. The van der Waals surface area contributed by atoms with E-state index in [4.69, 9.17) is 0 Å². The molecule has 41 heavy (non-hydrogen) atoms. The van der Waals surface area contributed by atoms with E-state index in [1.165, 1.54) is 102 Å². The van der Waals surface area contributed by atoms with Crippen molar-refractivity contribution >= 4 is 16.7 Å². The molecule has 3 aromatic carbocycles. The molecule has 1 aliphatic rings. The van der Waals surface area contributed by atoms with Crippen molar-refractivity contribution < 1.29 is 0 Å². The van der Waals surface area contributed by atoms with Crippen LogP contribution in [0.2, 0.25) is 0 Å². The Kier molecular flexibility index (Phi) is 23.2. The molecule has 0 radical (unpaired) electrons. The van der Waals surface area contributed by atoms with Crippen molar-refractivity contribution in [1.29, 1.82) is 0 Å². The molecule has 3 aromatic rings. The van der Waals surface area contributed by atoms with Gasteiger partial charge in [-0.25, -0.2) is 0 Å². The van der Waals surface area contributed by atoms with E-state index in [0.29, 0.717) is 0 Å². The molecule has 0 aliphatic heterocycles. The molecular weight excluding hydrogens is 492 g/mol. The number of allylic oxidation sites excluding steroid dienone is 3. The van der Waals surface area contributed by atoms with E-state index >= 15 is 0 Å². The lowest BCUT2D eigenvalue weighted by Gasteiger charge is -2.14. The maximum absolute atomic E-state index is 2.34. The summed E-state index contributed by atoms with van der Waals surface area (Å²) in [6, 6.07) is 30.8. The van der Waals surface area contributed by atoms with Gasteiger partial charge in [0.05, 0.1) is 0 Å². The van der Waals surface area contributed by atoms with Crippen LogP contribution in [0.1, 0.15) is 149 Å². The molecule has 0 saturated carbocycles. The van der Waals surface area contributed by atoms with Gasteiger partial charge in [0, 0.05) is 0 Å². The summed E-state index contributed by atoms with van der Waals surface area (Å²) in [6.45, 7) is 21.3. The molecule has 0 atom stereocenters. The molecule has 0 aromatic heterocycles. The molecule has 0 nitrogen and oxygen atoms in total. The van der Waals surface area contributed by atoms with Crippen LogP contribution in [0.4, 0.5) is 0 Å². The van der Waals surface area contributed by atoms with Crippen LogP contribution in [0.3, 0.4) is 0 Å². The van der Waals surface area contributed by atoms with Crippen LogP contribution in [-0.2, 0) is 0 Å². The van der Waals surface area contributed by atoms with Gasteiger partial charge in [0.25, 0.3) is 0 Å². The molecule has 0 N–H and O–H groups in total. The van der Waals surface area contributed by atoms with Crippen molar-refractivity contribution in [2.45, 2.75) is 127 Å². The van der Waals surface area contributed by atoms with Gasteiger partial charge < -0.3 is 0 Å². The van der Waals surface area contributed by atoms with Gasteiger partial charge in [-0.2, -0.15) is 0 Å². The summed E-state index contributed by atoms with van der Waals surface area (Å²) in [6.07, 6.45) is 11.7. The maximum atomic E-state index is 2.34. The normalized spacial score (nSPS) is 12.2. The van der Waals surface area contributed by atoms with Crippen molar-refractivity contribution in [2.24, 2.45) is 0 Å². The Morgan fingerprint density at radius 2 is 0.878 bits per heavy atom. The second-order valence-electron chi connectivity index (χ2n) is 10.1. The molecule has 0 spiro atoms. The quantitative estimate of drug-likeness (QED) is 0.231.